The molecule has 0 radical (unpaired) electrons. The first-order valence-electron chi connectivity index (χ1n) is 5.40. The van der Waals surface area contributed by atoms with E-state index in [1.165, 1.54) is 7.11 Å². The maximum absolute atomic E-state index is 11.3. The monoisotopic (exact) mass is 246 g/mol. The third-order valence-electron chi connectivity index (χ3n) is 2.61. The summed E-state index contributed by atoms with van der Waals surface area (Å²) in [5, 5.41) is 0. The summed E-state index contributed by atoms with van der Waals surface area (Å²) < 4.78 is 20.3. The number of ether oxygens (including phenoxy) is 4. The van der Waals surface area contributed by atoms with Gasteiger partial charge in [0.25, 0.3) is 0 Å². The van der Waals surface area contributed by atoms with E-state index in [2.05, 4.69) is 11.3 Å². The lowest BCUT2D eigenvalue weighted by Crippen LogP contribution is -2.35. The molecule has 0 saturated carbocycles. The largest absolute Gasteiger partial charge is 0.466 e. The van der Waals surface area contributed by atoms with Crippen molar-refractivity contribution in [3.8, 4) is 0 Å². The summed E-state index contributed by atoms with van der Waals surface area (Å²) in [6.45, 7) is 4.28. The van der Waals surface area contributed by atoms with Crippen molar-refractivity contribution in [3.63, 3.8) is 0 Å². The van der Waals surface area contributed by atoms with Gasteiger partial charge in [0, 0.05) is 46.4 Å². The number of rotatable bonds is 9. The van der Waals surface area contributed by atoms with Crippen molar-refractivity contribution in [1.29, 1.82) is 0 Å². The smallest absolute Gasteiger partial charge is 0.333 e. The molecule has 0 aliphatic carbocycles. The van der Waals surface area contributed by atoms with Gasteiger partial charge < -0.3 is 18.9 Å². The van der Waals surface area contributed by atoms with E-state index in [-0.39, 0.29) is 6.42 Å². The van der Waals surface area contributed by atoms with Gasteiger partial charge in [-0.25, -0.2) is 4.79 Å². The Hall–Kier alpha value is -0.910. The van der Waals surface area contributed by atoms with Gasteiger partial charge in [-0.15, -0.1) is 0 Å². The Kier molecular flexibility index (Phi) is 7.78. The number of methoxy groups -OCH3 is 4. The molecule has 0 N–H and O–H groups in total. The Morgan fingerprint density at radius 1 is 1.18 bits per heavy atom. The third kappa shape index (κ3) is 5.30. The third-order valence-corrected chi connectivity index (χ3v) is 2.61. The van der Waals surface area contributed by atoms with Gasteiger partial charge in [-0.1, -0.05) is 6.58 Å². The fourth-order valence-electron chi connectivity index (χ4n) is 1.55. The van der Waals surface area contributed by atoms with Crippen LogP contribution < -0.4 is 0 Å². The number of hydrogen-bond acceptors (Lipinski definition) is 5. The van der Waals surface area contributed by atoms with E-state index in [9.17, 15) is 4.79 Å². The number of hydrogen-bond donors (Lipinski definition) is 0. The predicted octanol–water partition coefficient (Wildman–Crippen LogP) is 1.52. The molecule has 0 heterocycles. The second-order valence-electron chi connectivity index (χ2n) is 3.69. The summed E-state index contributed by atoms with van der Waals surface area (Å²) >= 11 is 0. The van der Waals surface area contributed by atoms with Gasteiger partial charge in [0.15, 0.2) is 5.79 Å². The molecule has 0 amide bonds. The minimum atomic E-state index is -0.843. The van der Waals surface area contributed by atoms with Crippen LogP contribution >= 0.6 is 0 Å². The second-order valence-corrected chi connectivity index (χ2v) is 3.69. The van der Waals surface area contributed by atoms with Crippen molar-refractivity contribution in [3.05, 3.63) is 12.2 Å². The van der Waals surface area contributed by atoms with Crippen molar-refractivity contribution in [2.24, 2.45) is 0 Å². The van der Waals surface area contributed by atoms with Gasteiger partial charge in [0.2, 0.25) is 0 Å². The van der Waals surface area contributed by atoms with Crippen molar-refractivity contribution >= 4 is 5.97 Å². The van der Waals surface area contributed by atoms with Crippen LogP contribution in [0.5, 0.6) is 0 Å². The molecule has 0 bridgehead atoms. The lowest BCUT2D eigenvalue weighted by atomic mass is 10.0. The van der Waals surface area contributed by atoms with E-state index >= 15 is 0 Å². The van der Waals surface area contributed by atoms with Gasteiger partial charge in [0.1, 0.15) is 0 Å². The zero-order valence-electron chi connectivity index (χ0n) is 11.1. The van der Waals surface area contributed by atoms with Crippen LogP contribution in [0.25, 0.3) is 0 Å². The Bertz CT molecular complexity index is 245. The summed E-state index contributed by atoms with van der Waals surface area (Å²) in [5.41, 5.74) is 0.327. The number of carbonyl (C=O) groups is 1. The van der Waals surface area contributed by atoms with Gasteiger partial charge in [-0.2, -0.15) is 0 Å². The molecule has 0 unspecified atom stereocenters. The van der Waals surface area contributed by atoms with E-state index in [1.807, 2.05) is 0 Å². The fraction of sp³-hybridized carbons (Fsp3) is 0.750. The summed E-state index contributed by atoms with van der Waals surface area (Å²) in [4.78, 5) is 11.3. The molecule has 0 aromatic carbocycles. The highest BCUT2D eigenvalue weighted by atomic mass is 16.7. The molecule has 0 fully saturated rings. The molecule has 0 rings (SSSR count). The molecule has 17 heavy (non-hydrogen) atoms. The zero-order chi connectivity index (χ0) is 13.3. The summed E-state index contributed by atoms with van der Waals surface area (Å²) in [6.07, 6.45) is 1.66. The van der Waals surface area contributed by atoms with Crippen molar-refractivity contribution < 1.29 is 23.7 Å². The van der Waals surface area contributed by atoms with Gasteiger partial charge in [-0.05, 0) is 6.42 Å². The van der Waals surface area contributed by atoms with Gasteiger partial charge in [0.05, 0.1) is 7.11 Å². The predicted molar refractivity (Wildman–Crippen MR) is 63.6 cm³/mol. The SMILES string of the molecule is C=C(CC(CCCOC)(OC)OC)C(=O)OC. The second kappa shape index (κ2) is 8.22. The Balaban J connectivity index is 4.48. The first-order valence-corrected chi connectivity index (χ1v) is 5.40. The van der Waals surface area contributed by atoms with E-state index in [4.69, 9.17) is 14.2 Å². The van der Waals surface area contributed by atoms with Crippen LogP contribution in [0.2, 0.25) is 0 Å². The first-order chi connectivity index (χ1) is 8.05. The zero-order valence-corrected chi connectivity index (χ0v) is 11.1. The topological polar surface area (TPSA) is 54.0 Å². The Labute approximate surface area is 103 Å². The lowest BCUT2D eigenvalue weighted by molar-refractivity contribution is -0.212. The van der Waals surface area contributed by atoms with Crippen LogP contribution in [-0.4, -0.2) is 46.8 Å². The first kappa shape index (κ1) is 16.1. The standard InChI is InChI=1S/C12H22O5/c1-10(11(13)15-3)9-12(16-4,17-5)7-6-8-14-2/h1,6-9H2,2-5H3. The Morgan fingerprint density at radius 2 is 1.76 bits per heavy atom. The normalized spacial score (nSPS) is 11.3. The van der Waals surface area contributed by atoms with Crippen molar-refractivity contribution in [2.75, 3.05) is 35.0 Å². The molecule has 0 aromatic heterocycles. The highest BCUT2D eigenvalue weighted by Gasteiger charge is 2.31. The quantitative estimate of drug-likeness (QED) is 0.267. The molecule has 0 aliphatic rings. The summed E-state index contributed by atoms with van der Waals surface area (Å²) in [5.74, 6) is -1.29. The van der Waals surface area contributed by atoms with Crippen LogP contribution in [0.1, 0.15) is 19.3 Å². The highest BCUT2D eigenvalue weighted by molar-refractivity contribution is 5.87. The molecule has 0 atom stereocenters. The molecule has 5 nitrogen and oxygen atoms in total. The fourth-order valence-corrected chi connectivity index (χ4v) is 1.55. The van der Waals surface area contributed by atoms with Crippen molar-refractivity contribution in [2.45, 2.75) is 25.0 Å². The average molecular weight is 246 g/mol. The van der Waals surface area contributed by atoms with Gasteiger partial charge >= 0.3 is 5.97 Å². The van der Waals surface area contributed by atoms with E-state index < -0.39 is 11.8 Å². The van der Waals surface area contributed by atoms with Crippen molar-refractivity contribution in [1.82, 2.24) is 0 Å². The average Bonchev–Trinajstić information content (AvgIpc) is 2.36. The van der Waals surface area contributed by atoms with Gasteiger partial charge in [-0.3, -0.25) is 0 Å². The molecule has 5 heteroatoms. The minimum Gasteiger partial charge on any atom is -0.466 e. The van der Waals surface area contributed by atoms with E-state index in [1.54, 1.807) is 21.3 Å². The summed E-state index contributed by atoms with van der Waals surface area (Å²) in [6, 6.07) is 0. The maximum Gasteiger partial charge on any atom is 0.333 e. The molecule has 100 valence electrons. The number of carbonyl (C=O) groups excluding carboxylic acids is 1. The van der Waals surface area contributed by atoms with Crippen LogP contribution in [0.3, 0.4) is 0 Å². The lowest BCUT2D eigenvalue weighted by Gasteiger charge is -2.31. The molecule has 0 aliphatic heterocycles. The number of esters is 1. The summed E-state index contributed by atoms with van der Waals surface area (Å²) in [7, 11) is 6.04. The highest BCUT2D eigenvalue weighted by Crippen LogP contribution is 2.26. The molecular weight excluding hydrogens is 224 g/mol. The minimum absolute atomic E-state index is 0.274. The van der Waals surface area contributed by atoms with Crippen LogP contribution in [0.15, 0.2) is 12.2 Å². The molecule has 0 spiro atoms. The van der Waals surface area contributed by atoms with E-state index in [0.29, 0.717) is 18.6 Å². The molecular formula is C12H22O5. The van der Waals surface area contributed by atoms with Crippen LogP contribution in [-0.2, 0) is 23.7 Å². The van der Waals surface area contributed by atoms with Crippen LogP contribution in [0, 0.1) is 0 Å². The molecule has 0 aromatic rings. The maximum atomic E-state index is 11.3. The molecule has 0 saturated heterocycles. The van der Waals surface area contributed by atoms with E-state index in [0.717, 1.165) is 6.42 Å². The Morgan fingerprint density at radius 3 is 2.18 bits per heavy atom. The van der Waals surface area contributed by atoms with Crippen LogP contribution in [0.4, 0.5) is 0 Å².